The molecule has 1 aromatic rings. The van der Waals surface area contributed by atoms with Crippen LogP contribution in [0.4, 0.5) is 11.4 Å². The molecule has 10 heteroatoms. The Labute approximate surface area is 152 Å². The first-order valence-electron chi connectivity index (χ1n) is 8.58. The standard InChI is InChI=1S/C16H22N4O5S/c1-18(11-16(21)17-12-4-5-12)14-7-6-13(10-15(14)20(22)23)26(24,25)19-8-2-3-9-19/h6-7,10,12H,2-5,8-9,11H2,1H3,(H,17,21). The van der Waals surface area contributed by atoms with Crippen molar-refractivity contribution in [1.82, 2.24) is 9.62 Å². The number of nitro groups is 1. The molecule has 26 heavy (non-hydrogen) atoms. The fourth-order valence-electron chi connectivity index (χ4n) is 3.01. The van der Waals surface area contributed by atoms with E-state index in [9.17, 15) is 23.3 Å². The van der Waals surface area contributed by atoms with E-state index in [0.29, 0.717) is 13.1 Å². The lowest BCUT2D eigenvalue weighted by molar-refractivity contribution is -0.384. The SMILES string of the molecule is CN(CC(=O)NC1CC1)c1ccc(S(=O)(=O)N2CCCC2)cc1[N+](=O)[O-]. The molecule has 1 aliphatic heterocycles. The summed E-state index contributed by atoms with van der Waals surface area (Å²) in [7, 11) is -2.16. The van der Waals surface area contributed by atoms with Crippen LogP contribution in [0.25, 0.3) is 0 Å². The highest BCUT2D eigenvalue weighted by molar-refractivity contribution is 7.89. The number of nitrogens with one attached hydrogen (secondary N) is 1. The molecule has 1 saturated heterocycles. The zero-order chi connectivity index (χ0) is 18.9. The van der Waals surface area contributed by atoms with Gasteiger partial charge >= 0.3 is 0 Å². The molecular formula is C16H22N4O5S. The predicted octanol–water partition coefficient (Wildman–Crippen LogP) is 1.09. The van der Waals surface area contributed by atoms with Crippen molar-refractivity contribution in [3.05, 3.63) is 28.3 Å². The predicted molar refractivity (Wildman–Crippen MR) is 95.5 cm³/mol. The number of hydrogen-bond acceptors (Lipinski definition) is 6. The highest BCUT2D eigenvalue weighted by Crippen LogP contribution is 2.32. The maximum atomic E-state index is 12.6. The summed E-state index contributed by atoms with van der Waals surface area (Å²) in [6.45, 7) is 0.827. The molecule has 0 bridgehead atoms. The van der Waals surface area contributed by atoms with Crippen molar-refractivity contribution in [2.24, 2.45) is 0 Å². The number of carbonyl (C=O) groups excluding carboxylic acids is 1. The summed E-state index contributed by atoms with van der Waals surface area (Å²) in [6.07, 6.45) is 3.49. The molecule has 142 valence electrons. The number of benzene rings is 1. The van der Waals surface area contributed by atoms with Crippen LogP contribution in [-0.2, 0) is 14.8 Å². The summed E-state index contributed by atoms with van der Waals surface area (Å²) in [4.78, 5) is 24.2. The Hall–Kier alpha value is -2.20. The Balaban J connectivity index is 1.84. The molecule has 2 aliphatic rings. The van der Waals surface area contributed by atoms with Gasteiger partial charge in [0.2, 0.25) is 15.9 Å². The zero-order valence-electron chi connectivity index (χ0n) is 14.6. The smallest absolute Gasteiger partial charge is 0.293 e. The molecule has 0 atom stereocenters. The fraction of sp³-hybridized carbons (Fsp3) is 0.562. The summed E-state index contributed by atoms with van der Waals surface area (Å²) in [6, 6.07) is 4.05. The molecule has 1 amide bonds. The number of sulfonamides is 1. The van der Waals surface area contributed by atoms with E-state index in [4.69, 9.17) is 0 Å². The number of hydrogen-bond donors (Lipinski definition) is 1. The van der Waals surface area contributed by atoms with Crippen LogP contribution in [0, 0.1) is 10.1 Å². The van der Waals surface area contributed by atoms with Gasteiger partial charge in [0.05, 0.1) is 16.4 Å². The Morgan fingerprint density at radius 2 is 2.00 bits per heavy atom. The number of nitrogens with zero attached hydrogens (tertiary/aromatic N) is 3. The lowest BCUT2D eigenvalue weighted by atomic mass is 10.2. The Morgan fingerprint density at radius 1 is 1.35 bits per heavy atom. The lowest BCUT2D eigenvalue weighted by Crippen LogP contribution is -2.36. The van der Waals surface area contributed by atoms with E-state index in [1.165, 1.54) is 21.3 Å². The second kappa shape index (κ2) is 7.20. The van der Waals surface area contributed by atoms with Gasteiger partial charge in [-0.1, -0.05) is 0 Å². The van der Waals surface area contributed by atoms with Crippen LogP contribution >= 0.6 is 0 Å². The molecule has 9 nitrogen and oxygen atoms in total. The van der Waals surface area contributed by atoms with Crippen LogP contribution < -0.4 is 10.2 Å². The number of nitro benzene ring substituents is 1. The van der Waals surface area contributed by atoms with Gasteiger partial charge in [-0.25, -0.2) is 8.42 Å². The van der Waals surface area contributed by atoms with Gasteiger partial charge in [-0.05, 0) is 37.8 Å². The second-order valence-electron chi connectivity index (χ2n) is 6.72. The number of amides is 1. The van der Waals surface area contributed by atoms with Crippen LogP contribution in [0.2, 0.25) is 0 Å². The highest BCUT2D eigenvalue weighted by atomic mass is 32.2. The van der Waals surface area contributed by atoms with E-state index in [1.54, 1.807) is 7.05 Å². The van der Waals surface area contributed by atoms with Crippen molar-refractivity contribution in [3.63, 3.8) is 0 Å². The second-order valence-corrected chi connectivity index (χ2v) is 8.65. The van der Waals surface area contributed by atoms with Gasteiger partial charge < -0.3 is 10.2 Å². The Bertz CT molecular complexity index is 816. The van der Waals surface area contributed by atoms with Gasteiger partial charge in [0.25, 0.3) is 5.69 Å². The molecule has 0 aromatic heterocycles. The first-order valence-corrected chi connectivity index (χ1v) is 10.0. The van der Waals surface area contributed by atoms with Crippen LogP contribution in [0.5, 0.6) is 0 Å². The summed E-state index contributed by atoms with van der Waals surface area (Å²) in [5.41, 5.74) is -0.117. The number of likely N-dealkylation sites (N-methyl/N-ethyl adjacent to an activating group) is 1. The number of carbonyl (C=O) groups is 1. The molecule has 1 aliphatic carbocycles. The van der Waals surface area contributed by atoms with Crippen LogP contribution in [0.15, 0.2) is 23.1 Å². The van der Waals surface area contributed by atoms with E-state index in [-0.39, 0.29) is 34.8 Å². The fourth-order valence-corrected chi connectivity index (χ4v) is 4.55. The van der Waals surface area contributed by atoms with E-state index < -0.39 is 14.9 Å². The Morgan fingerprint density at radius 3 is 2.58 bits per heavy atom. The first kappa shape index (κ1) is 18.6. The molecule has 3 rings (SSSR count). The minimum atomic E-state index is -3.74. The zero-order valence-corrected chi connectivity index (χ0v) is 15.4. The van der Waals surface area contributed by atoms with Gasteiger partial charge in [-0.3, -0.25) is 14.9 Å². The molecule has 1 N–H and O–H groups in total. The summed E-state index contributed by atoms with van der Waals surface area (Å²) >= 11 is 0. The third-order valence-corrected chi connectivity index (χ3v) is 6.48. The maximum Gasteiger partial charge on any atom is 0.293 e. The van der Waals surface area contributed by atoms with Crippen LogP contribution in [-0.4, -0.2) is 56.3 Å². The Kier molecular flexibility index (Phi) is 5.15. The molecular weight excluding hydrogens is 360 g/mol. The highest BCUT2D eigenvalue weighted by Gasteiger charge is 2.30. The molecule has 0 unspecified atom stereocenters. The first-order chi connectivity index (χ1) is 12.3. The molecule has 1 aromatic carbocycles. The monoisotopic (exact) mass is 382 g/mol. The van der Waals surface area contributed by atoms with Crippen molar-refractivity contribution in [2.45, 2.75) is 36.6 Å². The van der Waals surface area contributed by atoms with Gasteiger partial charge in [0, 0.05) is 32.2 Å². The van der Waals surface area contributed by atoms with Crippen molar-refractivity contribution in [2.75, 3.05) is 31.6 Å². The van der Waals surface area contributed by atoms with Crippen LogP contribution in [0.3, 0.4) is 0 Å². The van der Waals surface area contributed by atoms with Gasteiger partial charge in [-0.15, -0.1) is 0 Å². The minimum absolute atomic E-state index is 0.0322. The third kappa shape index (κ3) is 3.96. The largest absolute Gasteiger partial charge is 0.360 e. The third-order valence-electron chi connectivity index (χ3n) is 4.58. The van der Waals surface area contributed by atoms with Crippen molar-refractivity contribution < 1.29 is 18.1 Å². The van der Waals surface area contributed by atoms with E-state index in [0.717, 1.165) is 31.7 Å². The normalized spacial score (nSPS) is 17.9. The average molecular weight is 382 g/mol. The molecule has 1 saturated carbocycles. The topological polar surface area (TPSA) is 113 Å². The quantitative estimate of drug-likeness (QED) is 0.558. The summed E-state index contributed by atoms with van der Waals surface area (Å²) < 4.78 is 26.6. The van der Waals surface area contributed by atoms with Gasteiger partial charge in [0.1, 0.15) is 5.69 Å². The van der Waals surface area contributed by atoms with Crippen LogP contribution in [0.1, 0.15) is 25.7 Å². The maximum absolute atomic E-state index is 12.6. The molecule has 1 heterocycles. The molecule has 0 spiro atoms. The summed E-state index contributed by atoms with van der Waals surface area (Å²) in [5.74, 6) is -0.210. The molecule has 2 fully saturated rings. The van der Waals surface area contributed by atoms with Crippen molar-refractivity contribution >= 4 is 27.3 Å². The van der Waals surface area contributed by atoms with Crippen molar-refractivity contribution in [1.29, 1.82) is 0 Å². The van der Waals surface area contributed by atoms with E-state index >= 15 is 0 Å². The minimum Gasteiger partial charge on any atom is -0.360 e. The van der Waals surface area contributed by atoms with E-state index in [1.807, 2.05) is 0 Å². The number of anilines is 1. The average Bonchev–Trinajstić information content (AvgIpc) is 3.21. The van der Waals surface area contributed by atoms with Gasteiger partial charge in [-0.2, -0.15) is 4.31 Å². The lowest BCUT2D eigenvalue weighted by Gasteiger charge is -2.20. The number of rotatable bonds is 7. The van der Waals surface area contributed by atoms with Crippen molar-refractivity contribution in [3.8, 4) is 0 Å². The van der Waals surface area contributed by atoms with Gasteiger partial charge in [0.15, 0.2) is 0 Å². The molecule has 0 radical (unpaired) electrons. The summed E-state index contributed by atoms with van der Waals surface area (Å²) in [5, 5.41) is 14.3. The van der Waals surface area contributed by atoms with E-state index in [2.05, 4.69) is 5.32 Å².